The minimum absolute atomic E-state index is 0.0499. The van der Waals surface area contributed by atoms with Crippen LogP contribution >= 0.6 is 0 Å². The molecule has 2 aliphatic rings. The molecule has 1 fully saturated rings. The molecule has 2 atom stereocenters. The Morgan fingerprint density at radius 3 is 2.61 bits per heavy atom. The van der Waals surface area contributed by atoms with Gasteiger partial charge in [0, 0.05) is 23.4 Å². The van der Waals surface area contributed by atoms with Crippen molar-refractivity contribution in [2.24, 2.45) is 5.92 Å². The molecule has 0 unspecified atom stereocenters. The lowest BCUT2D eigenvalue weighted by molar-refractivity contribution is 0.102. The summed E-state index contributed by atoms with van der Waals surface area (Å²) in [6.45, 7) is 2.19. The largest absolute Gasteiger partial charge is 0.495 e. The summed E-state index contributed by atoms with van der Waals surface area (Å²) < 4.78 is 44.9. The third-order valence-corrected chi connectivity index (χ3v) is 7.27. The van der Waals surface area contributed by atoms with Crippen molar-refractivity contribution in [3.63, 3.8) is 0 Å². The summed E-state index contributed by atoms with van der Waals surface area (Å²) in [4.78, 5) is 12.7. The highest BCUT2D eigenvalue weighted by atomic mass is 32.2. The summed E-state index contributed by atoms with van der Waals surface area (Å²) in [5.41, 5.74) is 0.721. The maximum atomic E-state index is 13.1. The monoisotopic (exact) mass is 446 g/mol. The van der Waals surface area contributed by atoms with Gasteiger partial charge in [-0.25, -0.2) is 13.1 Å². The first-order valence-corrected chi connectivity index (χ1v) is 11.8. The van der Waals surface area contributed by atoms with E-state index in [9.17, 15) is 13.2 Å². The van der Waals surface area contributed by atoms with Gasteiger partial charge in [-0.05, 0) is 49.1 Å². The van der Waals surface area contributed by atoms with Crippen molar-refractivity contribution >= 4 is 21.6 Å². The molecule has 2 aromatic rings. The number of rotatable bonds is 6. The molecule has 4 rings (SSSR count). The topological polar surface area (TPSA) is 103 Å². The molecular weight excluding hydrogens is 420 g/mol. The smallest absolute Gasteiger partial charge is 0.255 e. The van der Waals surface area contributed by atoms with Gasteiger partial charge in [-0.1, -0.05) is 19.8 Å². The molecular formula is C22H26N2O6S. The first kappa shape index (κ1) is 21.5. The second-order valence-electron chi connectivity index (χ2n) is 7.88. The normalized spacial score (nSPS) is 20.3. The number of ether oxygens (including phenoxy) is 3. The van der Waals surface area contributed by atoms with Gasteiger partial charge in [0.1, 0.15) is 10.6 Å². The summed E-state index contributed by atoms with van der Waals surface area (Å²) in [6, 6.07) is 9.30. The minimum atomic E-state index is -3.86. The average Bonchev–Trinajstić information content (AvgIpc) is 3.22. The highest BCUT2D eigenvalue weighted by Gasteiger charge is 2.29. The summed E-state index contributed by atoms with van der Waals surface area (Å²) in [7, 11) is -2.46. The van der Waals surface area contributed by atoms with E-state index in [1.807, 2.05) is 0 Å². The molecule has 1 heterocycles. The van der Waals surface area contributed by atoms with Crippen molar-refractivity contribution in [3.05, 3.63) is 42.0 Å². The molecule has 9 heteroatoms. The maximum absolute atomic E-state index is 13.1. The van der Waals surface area contributed by atoms with Gasteiger partial charge in [0.2, 0.25) is 16.8 Å². The molecule has 2 N–H and O–H groups in total. The summed E-state index contributed by atoms with van der Waals surface area (Å²) in [6.07, 6.45) is 3.89. The molecule has 2 aromatic carbocycles. The van der Waals surface area contributed by atoms with Crippen molar-refractivity contribution in [2.45, 2.75) is 43.5 Å². The number of hydrogen-bond acceptors (Lipinski definition) is 6. The van der Waals surface area contributed by atoms with Gasteiger partial charge in [0.25, 0.3) is 5.91 Å². The van der Waals surface area contributed by atoms with Gasteiger partial charge in [-0.2, -0.15) is 0 Å². The van der Waals surface area contributed by atoms with Crippen LogP contribution in [-0.2, 0) is 10.0 Å². The molecule has 1 aliphatic heterocycles. The Morgan fingerprint density at radius 1 is 1.06 bits per heavy atom. The van der Waals surface area contributed by atoms with Crippen molar-refractivity contribution < 1.29 is 27.4 Å². The molecule has 0 bridgehead atoms. The van der Waals surface area contributed by atoms with Gasteiger partial charge < -0.3 is 19.5 Å². The number of carbonyl (C=O) groups excluding carboxylic acids is 1. The zero-order chi connectivity index (χ0) is 22.0. The van der Waals surface area contributed by atoms with Crippen LogP contribution < -0.4 is 24.2 Å². The van der Waals surface area contributed by atoms with E-state index in [4.69, 9.17) is 14.2 Å². The third-order valence-electron chi connectivity index (χ3n) is 5.76. The van der Waals surface area contributed by atoms with Crippen molar-refractivity contribution in [1.82, 2.24) is 4.72 Å². The zero-order valence-corrected chi connectivity index (χ0v) is 18.3. The van der Waals surface area contributed by atoms with E-state index in [-0.39, 0.29) is 35.0 Å². The Morgan fingerprint density at radius 2 is 1.84 bits per heavy atom. The fourth-order valence-corrected chi connectivity index (χ4v) is 5.53. The van der Waals surface area contributed by atoms with Crippen molar-refractivity contribution in [2.75, 3.05) is 19.2 Å². The summed E-state index contributed by atoms with van der Waals surface area (Å²) in [5.74, 6) is 1.16. The maximum Gasteiger partial charge on any atom is 0.255 e. The second kappa shape index (κ2) is 8.76. The molecule has 0 saturated heterocycles. The number of sulfonamides is 1. The van der Waals surface area contributed by atoms with Crippen LogP contribution in [-0.4, -0.2) is 34.3 Å². The molecule has 166 valence electrons. The van der Waals surface area contributed by atoms with Crippen molar-refractivity contribution in [3.8, 4) is 17.2 Å². The Hall–Kier alpha value is -2.78. The Balaban J connectivity index is 1.57. The summed E-state index contributed by atoms with van der Waals surface area (Å²) >= 11 is 0. The molecule has 0 radical (unpaired) electrons. The number of nitrogens with one attached hydrogen (secondary N) is 2. The van der Waals surface area contributed by atoms with E-state index in [1.165, 1.54) is 25.3 Å². The lowest BCUT2D eigenvalue weighted by atomic mass is 9.87. The molecule has 1 amide bonds. The second-order valence-corrected chi connectivity index (χ2v) is 9.56. The predicted octanol–water partition coefficient (Wildman–Crippen LogP) is 3.53. The van der Waals surface area contributed by atoms with E-state index in [0.717, 1.165) is 25.7 Å². The first-order valence-electron chi connectivity index (χ1n) is 10.3. The number of methoxy groups -OCH3 is 1. The Bertz CT molecular complexity index is 1090. The standard InChI is InChI=1S/C22H26N2O6S/c1-14-5-3-4-6-17(14)24-31(26,27)21-11-15(7-9-19(21)28-2)22(25)23-16-8-10-18-20(12-16)30-13-29-18/h7-12,14,17,24H,3-6,13H2,1-2H3,(H,23,25)/t14-,17+/m0/s1. The number of benzene rings is 2. The van der Waals surface area contributed by atoms with Crippen molar-refractivity contribution in [1.29, 1.82) is 0 Å². The van der Waals surface area contributed by atoms with Crippen LogP contribution in [0.5, 0.6) is 17.2 Å². The highest BCUT2D eigenvalue weighted by Crippen LogP contribution is 2.34. The van der Waals surface area contributed by atoms with Gasteiger partial charge in [0.05, 0.1) is 7.11 Å². The van der Waals surface area contributed by atoms with E-state index in [2.05, 4.69) is 17.0 Å². The zero-order valence-electron chi connectivity index (χ0n) is 17.5. The fourth-order valence-electron chi connectivity index (χ4n) is 3.96. The fraction of sp³-hybridized carbons (Fsp3) is 0.409. The van der Waals surface area contributed by atoms with Gasteiger partial charge in [0.15, 0.2) is 11.5 Å². The van der Waals surface area contributed by atoms with E-state index in [1.54, 1.807) is 18.2 Å². The number of anilines is 1. The third kappa shape index (κ3) is 4.62. The number of amides is 1. The molecule has 1 saturated carbocycles. The van der Waals surface area contributed by atoms with Gasteiger partial charge >= 0.3 is 0 Å². The van der Waals surface area contributed by atoms with Gasteiger partial charge in [-0.15, -0.1) is 0 Å². The SMILES string of the molecule is COc1ccc(C(=O)Nc2ccc3c(c2)OCO3)cc1S(=O)(=O)N[C@@H]1CCCC[C@@H]1C. The Kier molecular flexibility index (Phi) is 6.06. The average molecular weight is 447 g/mol. The Labute approximate surface area is 181 Å². The van der Waals surface area contributed by atoms with E-state index in [0.29, 0.717) is 17.2 Å². The van der Waals surface area contributed by atoms with Crippen LogP contribution in [0.2, 0.25) is 0 Å². The van der Waals surface area contributed by atoms with Gasteiger partial charge in [-0.3, -0.25) is 4.79 Å². The lowest BCUT2D eigenvalue weighted by Gasteiger charge is -2.29. The number of carbonyl (C=O) groups is 1. The molecule has 0 spiro atoms. The van der Waals surface area contributed by atoms with Crippen LogP contribution in [0.3, 0.4) is 0 Å². The van der Waals surface area contributed by atoms with Crippen LogP contribution in [0.1, 0.15) is 43.0 Å². The molecule has 1 aliphatic carbocycles. The van der Waals surface area contributed by atoms with Crippen LogP contribution in [0, 0.1) is 5.92 Å². The lowest BCUT2D eigenvalue weighted by Crippen LogP contribution is -2.41. The molecule has 0 aromatic heterocycles. The minimum Gasteiger partial charge on any atom is -0.495 e. The molecule has 31 heavy (non-hydrogen) atoms. The number of fused-ring (bicyclic) bond motifs is 1. The molecule has 8 nitrogen and oxygen atoms in total. The van der Waals surface area contributed by atoms with Crippen LogP contribution in [0.15, 0.2) is 41.3 Å². The summed E-state index contributed by atoms with van der Waals surface area (Å²) in [5, 5.41) is 2.76. The predicted molar refractivity (Wildman–Crippen MR) is 115 cm³/mol. The number of hydrogen-bond donors (Lipinski definition) is 2. The van der Waals surface area contributed by atoms with Crippen LogP contribution in [0.4, 0.5) is 5.69 Å². The first-order chi connectivity index (χ1) is 14.9. The van der Waals surface area contributed by atoms with Crippen LogP contribution in [0.25, 0.3) is 0 Å². The quantitative estimate of drug-likeness (QED) is 0.704. The van der Waals surface area contributed by atoms with E-state index < -0.39 is 15.9 Å². The highest BCUT2D eigenvalue weighted by molar-refractivity contribution is 7.89. The van der Waals surface area contributed by atoms with E-state index >= 15 is 0 Å².